The summed E-state index contributed by atoms with van der Waals surface area (Å²) >= 11 is 3.26. The van der Waals surface area contributed by atoms with Crippen molar-refractivity contribution in [2.45, 2.75) is 6.42 Å². The lowest BCUT2D eigenvalue weighted by molar-refractivity contribution is -0.427. The first-order valence-electron chi connectivity index (χ1n) is 4.99. The van der Waals surface area contributed by atoms with Crippen LogP contribution >= 0.6 is 15.9 Å². The van der Waals surface area contributed by atoms with Gasteiger partial charge in [0.1, 0.15) is 5.75 Å². The number of hydrogen-bond acceptors (Lipinski definition) is 4. The zero-order valence-corrected chi connectivity index (χ0v) is 10.6. The number of fused-ring (bicyclic) bond motifs is 1. The summed E-state index contributed by atoms with van der Waals surface area (Å²) in [6.45, 7) is -0.100. The number of carboxylic acid groups (broad SMARTS) is 1. The van der Waals surface area contributed by atoms with Gasteiger partial charge < -0.3 is 9.84 Å². The second-order valence-electron chi connectivity index (χ2n) is 3.75. The predicted molar refractivity (Wildman–Crippen MR) is 65.9 cm³/mol. The van der Waals surface area contributed by atoms with Crippen LogP contribution in [0.4, 0.5) is 0 Å². The Morgan fingerprint density at radius 2 is 2.28 bits per heavy atom. The average Bonchev–Trinajstić information content (AvgIpc) is 2.27. The van der Waals surface area contributed by atoms with Crippen LogP contribution in [-0.2, 0) is 11.2 Å². The molecule has 0 atom stereocenters. The molecule has 1 heterocycles. The van der Waals surface area contributed by atoms with E-state index in [1.165, 1.54) is 6.08 Å². The fourth-order valence-corrected chi connectivity index (χ4v) is 2.32. The molecule has 18 heavy (non-hydrogen) atoms. The van der Waals surface area contributed by atoms with E-state index in [0.717, 1.165) is 0 Å². The Morgan fingerprint density at radius 3 is 2.89 bits per heavy atom. The zero-order valence-electron chi connectivity index (χ0n) is 9.05. The van der Waals surface area contributed by atoms with Crippen molar-refractivity contribution in [2.24, 2.45) is 0 Å². The average molecular weight is 314 g/mol. The molecule has 6 nitrogen and oxygen atoms in total. The number of nitro groups is 1. The molecule has 2 rings (SSSR count). The molecule has 1 aliphatic rings. The zero-order chi connectivity index (χ0) is 13.3. The van der Waals surface area contributed by atoms with Crippen molar-refractivity contribution < 1.29 is 19.6 Å². The minimum Gasteiger partial charge on any atom is -0.481 e. The van der Waals surface area contributed by atoms with E-state index in [1.807, 2.05) is 0 Å². The van der Waals surface area contributed by atoms with Gasteiger partial charge in [-0.2, -0.15) is 0 Å². The van der Waals surface area contributed by atoms with Gasteiger partial charge in [0.05, 0.1) is 15.8 Å². The van der Waals surface area contributed by atoms with Crippen molar-refractivity contribution in [3.8, 4) is 5.75 Å². The molecule has 1 aliphatic heterocycles. The van der Waals surface area contributed by atoms with E-state index >= 15 is 0 Å². The number of aliphatic carboxylic acids is 1. The van der Waals surface area contributed by atoms with Gasteiger partial charge >= 0.3 is 5.97 Å². The van der Waals surface area contributed by atoms with E-state index in [4.69, 9.17) is 9.84 Å². The lowest BCUT2D eigenvalue weighted by Crippen LogP contribution is -2.14. The lowest BCUT2D eigenvalue weighted by atomic mass is 10.0. The normalized spacial score (nSPS) is 13.3. The number of nitrogens with zero attached hydrogens (tertiary/aromatic N) is 1. The molecule has 94 valence electrons. The van der Waals surface area contributed by atoms with E-state index in [2.05, 4.69) is 15.9 Å². The van der Waals surface area contributed by atoms with Gasteiger partial charge in [0, 0.05) is 11.6 Å². The summed E-state index contributed by atoms with van der Waals surface area (Å²) in [7, 11) is 0. The molecule has 0 saturated carbocycles. The summed E-state index contributed by atoms with van der Waals surface area (Å²) in [5.41, 5.74) is 1.01. The van der Waals surface area contributed by atoms with E-state index in [-0.39, 0.29) is 18.7 Å². The summed E-state index contributed by atoms with van der Waals surface area (Å²) in [6.07, 6.45) is 1.25. The van der Waals surface area contributed by atoms with Crippen molar-refractivity contribution >= 4 is 28.0 Å². The van der Waals surface area contributed by atoms with Crippen LogP contribution < -0.4 is 4.74 Å². The maximum Gasteiger partial charge on any atom is 0.307 e. The maximum absolute atomic E-state index is 10.7. The standard InChI is InChI=1S/C11H8BrNO5/c12-9-2-6(3-10(14)15)1-7-4-8(13(16)17)5-18-11(7)9/h1-2,4H,3,5H2,(H,14,15). The van der Waals surface area contributed by atoms with E-state index in [1.54, 1.807) is 12.1 Å². The number of benzene rings is 1. The number of halogens is 1. The molecule has 7 heteroatoms. The summed E-state index contributed by atoms with van der Waals surface area (Å²) in [5, 5.41) is 19.4. The third kappa shape index (κ3) is 2.51. The Hall–Kier alpha value is -1.89. The van der Waals surface area contributed by atoms with Crippen molar-refractivity contribution in [1.29, 1.82) is 0 Å². The van der Waals surface area contributed by atoms with Crippen LogP contribution in [0.15, 0.2) is 22.3 Å². The first-order valence-corrected chi connectivity index (χ1v) is 5.78. The number of ether oxygens (including phenoxy) is 1. The van der Waals surface area contributed by atoms with E-state index in [9.17, 15) is 14.9 Å². The summed E-state index contributed by atoms with van der Waals surface area (Å²) < 4.78 is 5.88. The van der Waals surface area contributed by atoms with Crippen molar-refractivity contribution in [3.05, 3.63) is 43.5 Å². The van der Waals surface area contributed by atoms with Crippen molar-refractivity contribution in [1.82, 2.24) is 0 Å². The molecule has 0 saturated heterocycles. The number of carbonyl (C=O) groups is 1. The molecule has 0 spiro atoms. The minimum atomic E-state index is -0.961. The fourth-order valence-electron chi connectivity index (χ4n) is 1.68. The van der Waals surface area contributed by atoms with Crippen LogP contribution in [0.5, 0.6) is 5.75 Å². The largest absolute Gasteiger partial charge is 0.481 e. The Balaban J connectivity index is 2.46. The number of rotatable bonds is 3. The van der Waals surface area contributed by atoms with Crippen LogP contribution in [0.2, 0.25) is 0 Å². The number of hydrogen-bond donors (Lipinski definition) is 1. The molecule has 1 aromatic carbocycles. The monoisotopic (exact) mass is 313 g/mol. The molecular weight excluding hydrogens is 306 g/mol. The highest BCUT2D eigenvalue weighted by Gasteiger charge is 2.22. The topological polar surface area (TPSA) is 89.7 Å². The highest BCUT2D eigenvalue weighted by Crippen LogP contribution is 2.35. The van der Waals surface area contributed by atoms with Crippen LogP contribution in [0, 0.1) is 10.1 Å². The third-order valence-corrected chi connectivity index (χ3v) is 3.00. The summed E-state index contributed by atoms with van der Waals surface area (Å²) in [4.78, 5) is 20.8. The maximum atomic E-state index is 10.7. The Bertz CT molecular complexity index is 567. The molecule has 0 fully saturated rings. The summed E-state index contributed by atoms with van der Waals surface area (Å²) in [6, 6.07) is 3.22. The fraction of sp³-hybridized carbons (Fsp3) is 0.182. The molecule has 0 aliphatic carbocycles. The van der Waals surface area contributed by atoms with Crippen molar-refractivity contribution in [2.75, 3.05) is 6.61 Å². The smallest absolute Gasteiger partial charge is 0.307 e. The molecular formula is C11H8BrNO5. The molecule has 0 radical (unpaired) electrons. The molecule has 1 N–H and O–H groups in total. The van der Waals surface area contributed by atoms with Crippen LogP contribution in [0.1, 0.15) is 11.1 Å². The van der Waals surface area contributed by atoms with Gasteiger partial charge in [-0.05, 0) is 33.6 Å². The Morgan fingerprint density at radius 1 is 1.56 bits per heavy atom. The molecule has 0 amide bonds. The molecule has 1 aromatic rings. The number of carboxylic acids is 1. The first kappa shape index (κ1) is 12.6. The predicted octanol–water partition coefficient (Wildman–Crippen LogP) is 2.09. The van der Waals surface area contributed by atoms with Gasteiger partial charge in [0.2, 0.25) is 0 Å². The van der Waals surface area contributed by atoms with E-state index < -0.39 is 10.9 Å². The van der Waals surface area contributed by atoms with Gasteiger partial charge in [-0.15, -0.1) is 0 Å². The van der Waals surface area contributed by atoms with Crippen LogP contribution in [0.25, 0.3) is 6.08 Å². The van der Waals surface area contributed by atoms with Crippen molar-refractivity contribution in [3.63, 3.8) is 0 Å². The lowest BCUT2D eigenvalue weighted by Gasteiger charge is -2.16. The second kappa shape index (κ2) is 4.77. The van der Waals surface area contributed by atoms with Gasteiger partial charge in [-0.3, -0.25) is 14.9 Å². The van der Waals surface area contributed by atoms with Gasteiger partial charge in [0.25, 0.3) is 5.70 Å². The Labute approximate surface area is 110 Å². The van der Waals surface area contributed by atoms with E-state index in [0.29, 0.717) is 21.3 Å². The highest BCUT2D eigenvalue weighted by atomic mass is 79.9. The second-order valence-corrected chi connectivity index (χ2v) is 4.60. The minimum absolute atomic E-state index is 0.0538. The molecule has 0 aromatic heterocycles. The van der Waals surface area contributed by atoms with Crippen LogP contribution in [-0.4, -0.2) is 22.6 Å². The first-order chi connectivity index (χ1) is 8.47. The van der Waals surface area contributed by atoms with Gasteiger partial charge in [-0.25, -0.2) is 0 Å². The van der Waals surface area contributed by atoms with Gasteiger partial charge in [-0.1, -0.05) is 0 Å². The summed E-state index contributed by atoms with van der Waals surface area (Å²) in [5.74, 6) is -0.466. The third-order valence-electron chi connectivity index (χ3n) is 2.41. The quantitative estimate of drug-likeness (QED) is 0.681. The molecule has 0 unspecified atom stereocenters. The SMILES string of the molecule is O=C(O)Cc1cc(Br)c2c(c1)C=C([N+](=O)[O-])CO2. The van der Waals surface area contributed by atoms with Crippen LogP contribution in [0.3, 0.4) is 0 Å². The Kier molecular flexibility index (Phi) is 3.33. The van der Waals surface area contributed by atoms with Gasteiger partial charge in [0.15, 0.2) is 6.61 Å². The highest BCUT2D eigenvalue weighted by molar-refractivity contribution is 9.10. The molecule has 0 bridgehead atoms.